The largest absolute Gasteiger partial charge is 0.370 e. The highest BCUT2D eigenvalue weighted by atomic mass is 32.1. The van der Waals surface area contributed by atoms with Crippen molar-refractivity contribution in [1.29, 1.82) is 0 Å². The zero-order valence-electron chi connectivity index (χ0n) is 11.8. The third kappa shape index (κ3) is 3.03. The lowest BCUT2D eigenvalue weighted by Gasteiger charge is -1.99. The minimum absolute atomic E-state index is 0.860. The Labute approximate surface area is 136 Å². The maximum Gasteiger partial charge on any atom is 0.127 e. The molecule has 0 bridgehead atoms. The summed E-state index contributed by atoms with van der Waals surface area (Å²) in [6, 6.07) is 4.23. The zero-order valence-corrected chi connectivity index (χ0v) is 14.2. The molecule has 0 saturated heterocycles. The fraction of sp³-hybridized carbons (Fsp3) is 0.188. The minimum atomic E-state index is 0.860. The highest BCUT2D eigenvalue weighted by Crippen LogP contribution is 2.39. The number of anilines is 1. The van der Waals surface area contributed by atoms with Gasteiger partial charge in [0.15, 0.2) is 0 Å². The predicted octanol–water partition coefficient (Wildman–Crippen LogP) is 5.38. The number of aryl methyl sites for hydroxylation is 1. The van der Waals surface area contributed by atoms with Gasteiger partial charge >= 0.3 is 0 Å². The molecule has 0 atom stereocenters. The van der Waals surface area contributed by atoms with Crippen LogP contribution in [-0.4, -0.2) is 4.37 Å². The van der Waals surface area contributed by atoms with Crippen LogP contribution >= 0.6 is 34.2 Å². The molecule has 0 aliphatic rings. The highest BCUT2D eigenvalue weighted by Gasteiger charge is 2.14. The maximum absolute atomic E-state index is 4.59. The van der Waals surface area contributed by atoms with Gasteiger partial charge in [-0.15, -0.1) is 28.6 Å². The number of nitrogens with zero attached hydrogens (tertiary/aromatic N) is 1. The number of hydrogen-bond donors (Lipinski definition) is 1. The molecule has 0 fully saturated rings. The molecule has 3 rings (SSSR count). The number of nitrogens with one attached hydrogen (secondary N) is 1. The summed E-state index contributed by atoms with van der Waals surface area (Å²) in [4.78, 5) is 2.57. The number of fused-ring (bicyclic) bond motifs is 1. The molecular formula is C16H14N2S3. The van der Waals surface area contributed by atoms with E-state index in [9.17, 15) is 0 Å². The topological polar surface area (TPSA) is 24.9 Å². The van der Waals surface area contributed by atoms with E-state index in [0.717, 1.165) is 17.1 Å². The molecule has 0 amide bonds. The van der Waals surface area contributed by atoms with Gasteiger partial charge in [0, 0.05) is 9.75 Å². The number of rotatable bonds is 4. The summed E-state index contributed by atoms with van der Waals surface area (Å²) in [5, 5.41) is 6.77. The van der Waals surface area contributed by atoms with E-state index in [1.807, 2.05) is 13.0 Å². The third-order valence-corrected chi connectivity index (χ3v) is 6.13. The smallest absolute Gasteiger partial charge is 0.127 e. The molecule has 3 heterocycles. The first-order valence-corrected chi connectivity index (χ1v) is 9.00. The van der Waals surface area contributed by atoms with Crippen LogP contribution in [0.25, 0.3) is 16.3 Å². The quantitative estimate of drug-likeness (QED) is 0.650. The summed E-state index contributed by atoms with van der Waals surface area (Å²) >= 11 is 5.09. The Bertz CT molecular complexity index is 826. The Hall–Kier alpha value is -1.61. The number of thiophene rings is 2. The number of allylic oxidation sites excluding steroid dienone is 1. The molecule has 3 aromatic rings. The van der Waals surface area contributed by atoms with Crippen molar-refractivity contribution >= 4 is 55.5 Å². The first kappa shape index (κ1) is 14.3. The molecule has 21 heavy (non-hydrogen) atoms. The van der Waals surface area contributed by atoms with Gasteiger partial charge in [-0.25, -0.2) is 0 Å². The van der Waals surface area contributed by atoms with E-state index in [1.54, 1.807) is 34.2 Å². The van der Waals surface area contributed by atoms with Gasteiger partial charge in [-0.2, -0.15) is 4.37 Å². The van der Waals surface area contributed by atoms with E-state index >= 15 is 0 Å². The van der Waals surface area contributed by atoms with Crippen LogP contribution in [0.3, 0.4) is 0 Å². The average Bonchev–Trinajstić information content (AvgIpc) is 3.18. The second-order valence-corrected chi connectivity index (χ2v) is 7.30. The summed E-state index contributed by atoms with van der Waals surface area (Å²) in [5.74, 6) is 5.84. The van der Waals surface area contributed by atoms with Crippen LogP contribution in [0.5, 0.6) is 0 Å². The minimum Gasteiger partial charge on any atom is -0.370 e. The summed E-state index contributed by atoms with van der Waals surface area (Å²) in [6.45, 7) is 4.83. The fourth-order valence-electron chi connectivity index (χ4n) is 1.97. The Kier molecular flexibility index (Phi) is 4.39. The van der Waals surface area contributed by atoms with Crippen molar-refractivity contribution < 1.29 is 0 Å². The van der Waals surface area contributed by atoms with Crippen LogP contribution in [0.2, 0.25) is 0 Å². The van der Waals surface area contributed by atoms with Crippen LogP contribution in [0, 0.1) is 18.8 Å². The maximum atomic E-state index is 4.59. The van der Waals surface area contributed by atoms with Crippen LogP contribution in [0.4, 0.5) is 5.00 Å². The molecule has 0 aliphatic carbocycles. The Morgan fingerprint density at radius 2 is 2.33 bits per heavy atom. The second-order valence-electron chi connectivity index (χ2n) is 4.44. The first-order chi connectivity index (χ1) is 10.3. The molecule has 0 unspecified atom stereocenters. The van der Waals surface area contributed by atoms with Crippen molar-refractivity contribution in [2.24, 2.45) is 0 Å². The van der Waals surface area contributed by atoms with Crippen molar-refractivity contribution in [2.45, 2.75) is 20.4 Å². The molecule has 3 aromatic heterocycles. The van der Waals surface area contributed by atoms with Gasteiger partial charge in [-0.05, 0) is 54.5 Å². The average molecular weight is 331 g/mol. The van der Waals surface area contributed by atoms with Crippen molar-refractivity contribution in [3.05, 3.63) is 38.9 Å². The lowest BCUT2D eigenvalue weighted by molar-refractivity contribution is 1.21. The third-order valence-electron chi connectivity index (χ3n) is 3.05. The Morgan fingerprint density at radius 3 is 3.10 bits per heavy atom. The summed E-state index contributed by atoms with van der Waals surface area (Å²) in [7, 11) is 0. The molecule has 0 radical (unpaired) electrons. The van der Waals surface area contributed by atoms with Crippen LogP contribution in [0.1, 0.15) is 22.2 Å². The lowest BCUT2D eigenvalue weighted by Crippen LogP contribution is -1.94. The van der Waals surface area contributed by atoms with E-state index in [4.69, 9.17) is 0 Å². The van der Waals surface area contributed by atoms with Gasteiger partial charge in [0.05, 0.1) is 11.2 Å². The SMILES string of the molecule is CC#C/C=C\c1sc2c(NCc3cccs3)snc2c1C. The van der Waals surface area contributed by atoms with Gasteiger partial charge in [-0.1, -0.05) is 12.0 Å². The molecule has 0 spiro atoms. The van der Waals surface area contributed by atoms with E-state index in [-0.39, 0.29) is 0 Å². The lowest BCUT2D eigenvalue weighted by atomic mass is 10.2. The molecule has 1 N–H and O–H groups in total. The molecule has 0 saturated carbocycles. The fourth-order valence-corrected chi connectivity index (χ4v) is 4.70. The van der Waals surface area contributed by atoms with Gasteiger partial charge in [0.2, 0.25) is 0 Å². The van der Waals surface area contributed by atoms with E-state index < -0.39 is 0 Å². The highest BCUT2D eigenvalue weighted by molar-refractivity contribution is 7.25. The van der Waals surface area contributed by atoms with Gasteiger partial charge in [0.25, 0.3) is 0 Å². The monoisotopic (exact) mass is 330 g/mol. The molecule has 106 valence electrons. The summed E-state index contributed by atoms with van der Waals surface area (Å²) < 4.78 is 5.84. The Morgan fingerprint density at radius 1 is 1.43 bits per heavy atom. The summed E-state index contributed by atoms with van der Waals surface area (Å²) in [5.41, 5.74) is 2.35. The number of hydrogen-bond acceptors (Lipinski definition) is 5. The second kappa shape index (κ2) is 6.44. The predicted molar refractivity (Wildman–Crippen MR) is 96.4 cm³/mol. The van der Waals surface area contributed by atoms with Gasteiger partial charge in [-0.3, -0.25) is 0 Å². The number of aromatic nitrogens is 1. The van der Waals surface area contributed by atoms with Crippen LogP contribution in [0.15, 0.2) is 23.6 Å². The van der Waals surface area contributed by atoms with E-state index in [2.05, 4.69) is 52.0 Å². The molecular weight excluding hydrogens is 316 g/mol. The van der Waals surface area contributed by atoms with Gasteiger partial charge in [0.1, 0.15) is 10.5 Å². The van der Waals surface area contributed by atoms with Gasteiger partial charge < -0.3 is 5.32 Å². The molecule has 0 aliphatic heterocycles. The molecule has 2 nitrogen and oxygen atoms in total. The first-order valence-electron chi connectivity index (χ1n) is 6.53. The molecule has 0 aromatic carbocycles. The Balaban J connectivity index is 1.86. The standard InChI is InChI=1S/C16H14N2S3/c1-3-4-5-8-13-11(2)14-15(20-13)16(21-18-14)17-10-12-7-6-9-19-12/h5-9,17H,10H2,1-2H3/b8-5-. The van der Waals surface area contributed by atoms with E-state index in [0.29, 0.717) is 0 Å². The van der Waals surface area contributed by atoms with Crippen LogP contribution in [-0.2, 0) is 6.54 Å². The normalized spacial score (nSPS) is 11.0. The van der Waals surface area contributed by atoms with E-state index in [1.165, 1.54) is 20.0 Å². The van der Waals surface area contributed by atoms with Crippen molar-refractivity contribution in [3.8, 4) is 11.8 Å². The zero-order chi connectivity index (χ0) is 14.7. The molecule has 5 heteroatoms. The van der Waals surface area contributed by atoms with Crippen molar-refractivity contribution in [3.63, 3.8) is 0 Å². The van der Waals surface area contributed by atoms with Crippen LogP contribution < -0.4 is 5.32 Å². The summed E-state index contributed by atoms with van der Waals surface area (Å²) in [6.07, 6.45) is 3.98. The van der Waals surface area contributed by atoms with Crippen molar-refractivity contribution in [1.82, 2.24) is 4.37 Å². The van der Waals surface area contributed by atoms with Crippen molar-refractivity contribution in [2.75, 3.05) is 5.32 Å².